The maximum atomic E-state index is 11.6. The van der Waals surface area contributed by atoms with Crippen molar-refractivity contribution in [3.63, 3.8) is 0 Å². The monoisotopic (exact) mass is 311 g/mol. The zero-order chi connectivity index (χ0) is 15.6. The van der Waals surface area contributed by atoms with Crippen molar-refractivity contribution in [1.29, 1.82) is 0 Å². The second-order valence-electron chi connectivity index (χ2n) is 5.99. The summed E-state index contributed by atoms with van der Waals surface area (Å²) in [4.78, 5) is 13.8. The Labute approximate surface area is 130 Å². The van der Waals surface area contributed by atoms with Gasteiger partial charge in [0.05, 0.1) is 11.2 Å². The first-order valence-corrected chi connectivity index (χ1v) is 7.52. The van der Waals surface area contributed by atoms with E-state index in [1.807, 2.05) is 0 Å². The zero-order valence-corrected chi connectivity index (χ0v) is 13.5. The van der Waals surface area contributed by atoms with E-state index in [0.29, 0.717) is 17.1 Å². The van der Waals surface area contributed by atoms with Gasteiger partial charge in [-0.2, -0.15) is 0 Å². The smallest absolute Gasteiger partial charge is 0.163 e. The van der Waals surface area contributed by atoms with Crippen LogP contribution in [0.4, 0.5) is 0 Å². The van der Waals surface area contributed by atoms with Gasteiger partial charge in [-0.1, -0.05) is 11.6 Å². The molecule has 2 rings (SSSR count). The number of hydrogen-bond donors (Lipinski definition) is 1. The van der Waals surface area contributed by atoms with Gasteiger partial charge in [0.2, 0.25) is 0 Å². The number of likely N-dealkylation sites (tertiary alicyclic amines) is 1. The zero-order valence-electron chi connectivity index (χ0n) is 12.8. The number of nitrogens with zero attached hydrogens (tertiary/aromatic N) is 1. The fourth-order valence-corrected chi connectivity index (χ4v) is 3.14. The molecule has 1 fully saturated rings. The van der Waals surface area contributed by atoms with E-state index in [4.69, 9.17) is 16.3 Å². The van der Waals surface area contributed by atoms with Crippen molar-refractivity contribution in [2.45, 2.75) is 38.8 Å². The van der Waals surface area contributed by atoms with Crippen LogP contribution < -0.4 is 0 Å². The molecule has 1 aromatic rings. The highest BCUT2D eigenvalue weighted by molar-refractivity contribution is 6.31. The predicted octanol–water partition coefficient (Wildman–Crippen LogP) is 3.25. The Kier molecular flexibility index (Phi) is 4.91. The second kappa shape index (κ2) is 6.34. The molecule has 1 unspecified atom stereocenters. The number of phenolic OH excluding ortho intramolecular Hbond substituents is 1. The van der Waals surface area contributed by atoms with E-state index >= 15 is 0 Å². The molecule has 0 radical (unpaired) electrons. The lowest BCUT2D eigenvalue weighted by atomic mass is 9.94. The van der Waals surface area contributed by atoms with Gasteiger partial charge < -0.3 is 9.84 Å². The number of methoxy groups -OCH3 is 1. The molecule has 0 amide bonds. The summed E-state index contributed by atoms with van der Waals surface area (Å²) in [5.74, 6) is -0.145. The first-order chi connectivity index (χ1) is 9.84. The Bertz CT molecular complexity index is 547. The van der Waals surface area contributed by atoms with E-state index < -0.39 is 0 Å². The Morgan fingerprint density at radius 3 is 2.86 bits per heavy atom. The molecule has 0 spiro atoms. The molecule has 1 aromatic carbocycles. The van der Waals surface area contributed by atoms with Crippen LogP contribution >= 0.6 is 11.6 Å². The van der Waals surface area contributed by atoms with Crippen LogP contribution in [-0.2, 0) is 11.3 Å². The maximum Gasteiger partial charge on any atom is 0.163 e. The van der Waals surface area contributed by atoms with Gasteiger partial charge in [0.1, 0.15) is 5.75 Å². The molecular formula is C16H22ClNO3. The third-order valence-electron chi connectivity index (χ3n) is 4.16. The van der Waals surface area contributed by atoms with Crippen molar-refractivity contribution < 1.29 is 14.6 Å². The second-order valence-corrected chi connectivity index (χ2v) is 6.42. The standard InChI is InChI=1S/C16H22ClNO3/c1-11(19)14-8-13(17)7-12(15(14)20)9-18-6-4-5-16(2,10-18)21-3/h7-8,20H,4-6,9-10H2,1-3H3. The van der Waals surface area contributed by atoms with Gasteiger partial charge in [-0.05, 0) is 45.4 Å². The van der Waals surface area contributed by atoms with Crippen LogP contribution in [0.3, 0.4) is 0 Å². The number of ether oxygens (including phenoxy) is 1. The summed E-state index contributed by atoms with van der Waals surface area (Å²) >= 11 is 6.06. The summed E-state index contributed by atoms with van der Waals surface area (Å²) in [7, 11) is 1.73. The molecule has 116 valence electrons. The minimum Gasteiger partial charge on any atom is -0.507 e. The normalized spacial score (nSPS) is 23.2. The Morgan fingerprint density at radius 2 is 2.24 bits per heavy atom. The number of ketones is 1. The van der Waals surface area contributed by atoms with Gasteiger partial charge in [-0.3, -0.25) is 9.69 Å². The molecule has 0 bridgehead atoms. The number of halogens is 1. The summed E-state index contributed by atoms with van der Waals surface area (Å²) in [5.41, 5.74) is 0.813. The summed E-state index contributed by atoms with van der Waals surface area (Å²) < 4.78 is 5.58. The lowest BCUT2D eigenvalue weighted by Gasteiger charge is -2.39. The van der Waals surface area contributed by atoms with Gasteiger partial charge >= 0.3 is 0 Å². The number of benzene rings is 1. The summed E-state index contributed by atoms with van der Waals surface area (Å²) in [6, 6.07) is 3.24. The van der Waals surface area contributed by atoms with Gasteiger partial charge in [-0.15, -0.1) is 0 Å². The molecule has 5 heteroatoms. The van der Waals surface area contributed by atoms with Crippen LogP contribution in [0.2, 0.25) is 5.02 Å². The van der Waals surface area contributed by atoms with E-state index in [9.17, 15) is 9.90 Å². The summed E-state index contributed by atoms with van der Waals surface area (Å²) in [6.07, 6.45) is 2.07. The molecule has 0 saturated carbocycles. The van der Waals surface area contributed by atoms with Gasteiger partial charge in [-0.25, -0.2) is 0 Å². The predicted molar refractivity (Wildman–Crippen MR) is 83.0 cm³/mol. The Balaban J connectivity index is 2.21. The first-order valence-electron chi connectivity index (χ1n) is 7.14. The van der Waals surface area contributed by atoms with E-state index in [2.05, 4.69) is 11.8 Å². The minimum atomic E-state index is -0.184. The Hall–Kier alpha value is -1.10. The number of carbonyl (C=O) groups excluding carboxylic acids is 1. The third kappa shape index (κ3) is 3.76. The summed E-state index contributed by atoms with van der Waals surface area (Å²) in [5, 5.41) is 10.7. The largest absolute Gasteiger partial charge is 0.507 e. The molecule has 1 aliphatic heterocycles. The van der Waals surface area contributed by atoms with E-state index in [1.165, 1.54) is 13.0 Å². The van der Waals surface area contributed by atoms with Gasteiger partial charge in [0.25, 0.3) is 0 Å². The van der Waals surface area contributed by atoms with Crippen molar-refractivity contribution >= 4 is 17.4 Å². The van der Waals surface area contributed by atoms with Crippen molar-refractivity contribution in [3.8, 4) is 5.75 Å². The third-order valence-corrected chi connectivity index (χ3v) is 4.38. The van der Waals surface area contributed by atoms with Crippen molar-refractivity contribution in [2.24, 2.45) is 0 Å². The van der Waals surface area contributed by atoms with Crippen LogP contribution in [0.1, 0.15) is 42.6 Å². The molecule has 1 atom stereocenters. The summed E-state index contributed by atoms with van der Waals surface area (Å²) in [6.45, 7) is 5.83. The first kappa shape index (κ1) is 16.3. The highest BCUT2D eigenvalue weighted by atomic mass is 35.5. The van der Waals surface area contributed by atoms with E-state index in [1.54, 1.807) is 13.2 Å². The quantitative estimate of drug-likeness (QED) is 0.867. The topological polar surface area (TPSA) is 49.8 Å². The van der Waals surface area contributed by atoms with Crippen LogP contribution in [-0.4, -0.2) is 41.6 Å². The average molecular weight is 312 g/mol. The molecule has 0 aliphatic carbocycles. The highest BCUT2D eigenvalue weighted by Gasteiger charge is 2.31. The van der Waals surface area contributed by atoms with Crippen molar-refractivity contribution in [3.05, 3.63) is 28.3 Å². The number of carbonyl (C=O) groups is 1. The number of Topliss-reactive ketones (excluding diaryl/α,β-unsaturated/α-hetero) is 1. The molecule has 21 heavy (non-hydrogen) atoms. The highest BCUT2D eigenvalue weighted by Crippen LogP contribution is 2.31. The van der Waals surface area contributed by atoms with Crippen LogP contribution in [0.25, 0.3) is 0 Å². The molecule has 0 aromatic heterocycles. The van der Waals surface area contributed by atoms with Crippen LogP contribution in [0, 0.1) is 0 Å². The number of rotatable bonds is 4. The number of aromatic hydroxyl groups is 1. The average Bonchev–Trinajstić information content (AvgIpc) is 2.42. The fraction of sp³-hybridized carbons (Fsp3) is 0.562. The van der Waals surface area contributed by atoms with Gasteiger partial charge in [0.15, 0.2) is 5.78 Å². The lowest BCUT2D eigenvalue weighted by Crippen LogP contribution is -2.46. The van der Waals surface area contributed by atoms with Crippen molar-refractivity contribution in [2.75, 3.05) is 20.2 Å². The van der Waals surface area contributed by atoms with Crippen molar-refractivity contribution in [1.82, 2.24) is 4.90 Å². The fourth-order valence-electron chi connectivity index (χ4n) is 2.89. The lowest BCUT2D eigenvalue weighted by molar-refractivity contribution is -0.0528. The minimum absolute atomic E-state index is 0.0385. The van der Waals surface area contributed by atoms with E-state index in [-0.39, 0.29) is 22.7 Å². The molecule has 1 saturated heterocycles. The molecule has 4 nitrogen and oxygen atoms in total. The SMILES string of the molecule is COC1(C)CCCN(Cc2cc(Cl)cc(C(C)=O)c2O)C1. The van der Waals surface area contributed by atoms with E-state index in [0.717, 1.165) is 25.9 Å². The molecule has 1 heterocycles. The molecular weight excluding hydrogens is 290 g/mol. The van der Waals surface area contributed by atoms with Gasteiger partial charge in [0, 0.05) is 30.8 Å². The number of piperidine rings is 1. The maximum absolute atomic E-state index is 11.6. The number of hydrogen-bond acceptors (Lipinski definition) is 4. The molecule has 1 aliphatic rings. The molecule has 1 N–H and O–H groups in total. The Morgan fingerprint density at radius 1 is 1.52 bits per heavy atom. The van der Waals surface area contributed by atoms with Crippen LogP contribution in [0.15, 0.2) is 12.1 Å². The number of phenols is 1. The van der Waals surface area contributed by atoms with Crippen LogP contribution in [0.5, 0.6) is 5.75 Å².